The lowest BCUT2D eigenvalue weighted by Gasteiger charge is -2.23. The third kappa shape index (κ3) is 4.35. The molecule has 0 bridgehead atoms. The maximum Gasteiger partial charge on any atom is 0.187 e. The summed E-state index contributed by atoms with van der Waals surface area (Å²) in [7, 11) is 0. The predicted molar refractivity (Wildman–Crippen MR) is 118 cm³/mol. The highest BCUT2D eigenvalue weighted by molar-refractivity contribution is 7.74. The first-order valence-electron chi connectivity index (χ1n) is 8.62. The minimum Gasteiger partial charge on any atom is -0.339 e. The average molecular weight is 409 g/mol. The molecule has 4 rings (SSSR count). The van der Waals surface area contributed by atoms with Gasteiger partial charge in [-0.15, -0.1) is 0 Å². The molecule has 2 nitrogen and oxygen atoms in total. The summed E-state index contributed by atoms with van der Waals surface area (Å²) in [5.41, 5.74) is 3.36. The van der Waals surface area contributed by atoms with Gasteiger partial charge in [0.25, 0.3) is 0 Å². The van der Waals surface area contributed by atoms with Gasteiger partial charge in [0.05, 0.1) is 5.52 Å². The van der Waals surface area contributed by atoms with E-state index in [1.165, 1.54) is 22.5 Å². The summed E-state index contributed by atoms with van der Waals surface area (Å²) < 4.78 is 0.809. The van der Waals surface area contributed by atoms with Crippen molar-refractivity contribution in [2.24, 2.45) is 0 Å². The van der Waals surface area contributed by atoms with Crippen LogP contribution in [-0.2, 0) is 13.1 Å². The summed E-state index contributed by atoms with van der Waals surface area (Å²) >= 11 is 13.3. The lowest BCUT2D eigenvalue weighted by Crippen LogP contribution is -2.22. The molecule has 0 saturated carbocycles. The van der Waals surface area contributed by atoms with Crippen LogP contribution in [0.2, 0.25) is 5.02 Å². The van der Waals surface area contributed by atoms with Crippen molar-refractivity contribution in [2.45, 2.75) is 13.1 Å². The molecule has 0 aliphatic carbocycles. The summed E-state index contributed by atoms with van der Waals surface area (Å²) in [5.74, 6) is 0. The molecule has 0 amide bonds. The first-order valence-corrected chi connectivity index (χ1v) is 10.2. The van der Waals surface area contributed by atoms with Gasteiger partial charge in [-0.1, -0.05) is 95.8 Å². The van der Waals surface area contributed by atoms with E-state index in [1.807, 2.05) is 30.3 Å². The molecule has 4 aromatic rings. The second kappa shape index (κ2) is 8.17. The van der Waals surface area contributed by atoms with E-state index in [1.54, 1.807) is 0 Å². The van der Waals surface area contributed by atoms with Crippen LogP contribution in [0, 0.1) is 3.82 Å². The Morgan fingerprint density at radius 3 is 2.04 bits per heavy atom. The van der Waals surface area contributed by atoms with Gasteiger partial charge in [0, 0.05) is 23.5 Å². The fourth-order valence-electron chi connectivity index (χ4n) is 2.97. The average Bonchev–Trinajstić information content (AvgIpc) is 2.69. The second-order valence-corrected chi connectivity index (χ2v) is 8.35. The summed E-state index contributed by atoms with van der Waals surface area (Å²) in [6, 6.07) is 26.6. The highest BCUT2D eigenvalue weighted by Crippen LogP contribution is 2.29. The molecule has 0 spiro atoms. The zero-order valence-corrected chi connectivity index (χ0v) is 16.9. The van der Waals surface area contributed by atoms with E-state index in [-0.39, 0.29) is 0 Å². The van der Waals surface area contributed by atoms with E-state index in [4.69, 9.17) is 28.8 Å². The molecule has 0 fully saturated rings. The van der Waals surface area contributed by atoms with Gasteiger partial charge < -0.3 is 4.90 Å². The monoisotopic (exact) mass is 408 g/mol. The standard InChI is InChI=1S/C22H17ClN2S2/c23-18-11-12-20-19(13-18)21(26)27-22(24-20)25(14-16-7-3-1-4-8-16)15-17-9-5-2-6-10-17/h1-13H,14-15H2. The number of anilines is 1. The molecular weight excluding hydrogens is 392 g/mol. The molecule has 27 heavy (non-hydrogen) atoms. The SMILES string of the molecule is S=c1sc(N(Cc2ccccc2)Cc2ccccc2)nc2ccc(Cl)cc12. The van der Waals surface area contributed by atoms with E-state index < -0.39 is 0 Å². The fraction of sp³-hybridized carbons (Fsp3) is 0.0909. The van der Waals surface area contributed by atoms with E-state index in [9.17, 15) is 0 Å². The molecular formula is C22H17ClN2S2. The molecule has 1 heterocycles. The van der Waals surface area contributed by atoms with Crippen molar-refractivity contribution in [3.8, 4) is 0 Å². The quantitative estimate of drug-likeness (QED) is 0.334. The van der Waals surface area contributed by atoms with Crippen LogP contribution >= 0.6 is 35.2 Å². The molecule has 0 saturated heterocycles. The van der Waals surface area contributed by atoms with Gasteiger partial charge in [-0.25, -0.2) is 4.98 Å². The van der Waals surface area contributed by atoms with Crippen LogP contribution < -0.4 is 4.90 Å². The van der Waals surface area contributed by atoms with E-state index in [2.05, 4.69) is 53.4 Å². The van der Waals surface area contributed by atoms with Crippen LogP contribution in [0.3, 0.4) is 0 Å². The number of halogens is 1. The third-order valence-electron chi connectivity index (χ3n) is 4.28. The van der Waals surface area contributed by atoms with Crippen molar-refractivity contribution in [1.82, 2.24) is 4.98 Å². The van der Waals surface area contributed by atoms with Crippen molar-refractivity contribution in [3.05, 3.63) is 98.8 Å². The van der Waals surface area contributed by atoms with Crippen molar-refractivity contribution in [3.63, 3.8) is 0 Å². The third-order valence-corrected chi connectivity index (χ3v) is 5.92. The Hall–Kier alpha value is -2.27. The van der Waals surface area contributed by atoms with Crippen LogP contribution in [0.5, 0.6) is 0 Å². The number of nitrogens with zero attached hydrogens (tertiary/aromatic N) is 2. The first-order chi connectivity index (χ1) is 13.2. The molecule has 3 aromatic carbocycles. The molecule has 0 unspecified atom stereocenters. The summed E-state index contributed by atoms with van der Waals surface area (Å²) in [6.07, 6.45) is 0. The van der Waals surface area contributed by atoms with Crippen LogP contribution in [0.15, 0.2) is 78.9 Å². The van der Waals surface area contributed by atoms with Crippen molar-refractivity contribution in [1.29, 1.82) is 0 Å². The Morgan fingerprint density at radius 2 is 1.44 bits per heavy atom. The first kappa shape index (κ1) is 18.1. The number of hydrogen-bond donors (Lipinski definition) is 0. The van der Waals surface area contributed by atoms with Crippen molar-refractivity contribution in [2.75, 3.05) is 4.90 Å². The van der Waals surface area contributed by atoms with E-state index in [0.717, 1.165) is 32.9 Å². The van der Waals surface area contributed by atoms with E-state index in [0.29, 0.717) is 5.02 Å². The fourth-order valence-corrected chi connectivity index (χ4v) is 4.37. The van der Waals surface area contributed by atoms with E-state index >= 15 is 0 Å². The highest BCUT2D eigenvalue weighted by atomic mass is 35.5. The number of aromatic nitrogens is 1. The Balaban J connectivity index is 1.76. The lowest BCUT2D eigenvalue weighted by molar-refractivity contribution is 0.796. The zero-order chi connectivity index (χ0) is 18.6. The molecule has 0 aliphatic heterocycles. The molecule has 0 radical (unpaired) electrons. The Kier molecular flexibility index (Phi) is 5.48. The van der Waals surface area contributed by atoms with Crippen LogP contribution in [0.1, 0.15) is 11.1 Å². The predicted octanol–water partition coefficient (Wildman–Crippen LogP) is 6.89. The van der Waals surface area contributed by atoms with Crippen LogP contribution in [0.25, 0.3) is 10.9 Å². The lowest BCUT2D eigenvalue weighted by atomic mass is 10.2. The smallest absolute Gasteiger partial charge is 0.187 e. The van der Waals surface area contributed by atoms with Gasteiger partial charge in [-0.2, -0.15) is 0 Å². The Bertz CT molecular complexity index is 1070. The molecule has 0 N–H and O–H groups in total. The highest BCUT2D eigenvalue weighted by Gasteiger charge is 2.13. The zero-order valence-electron chi connectivity index (χ0n) is 14.5. The summed E-state index contributed by atoms with van der Waals surface area (Å²) in [6.45, 7) is 1.54. The Morgan fingerprint density at radius 1 is 0.852 bits per heavy atom. The molecule has 134 valence electrons. The molecule has 1 aromatic heterocycles. The maximum atomic E-state index is 6.13. The normalized spacial score (nSPS) is 10.9. The number of rotatable bonds is 5. The maximum absolute atomic E-state index is 6.13. The van der Waals surface area contributed by atoms with Gasteiger partial charge in [0.1, 0.15) is 3.82 Å². The van der Waals surface area contributed by atoms with Crippen molar-refractivity contribution < 1.29 is 0 Å². The molecule has 0 aliphatic rings. The van der Waals surface area contributed by atoms with Gasteiger partial charge >= 0.3 is 0 Å². The van der Waals surface area contributed by atoms with Gasteiger partial charge in [-0.05, 0) is 29.3 Å². The number of benzene rings is 3. The molecule has 0 atom stereocenters. The topological polar surface area (TPSA) is 16.1 Å². The summed E-state index contributed by atoms with van der Waals surface area (Å²) in [4.78, 5) is 7.17. The Labute approximate surface area is 172 Å². The summed E-state index contributed by atoms with van der Waals surface area (Å²) in [5, 5.41) is 2.54. The largest absolute Gasteiger partial charge is 0.339 e. The van der Waals surface area contributed by atoms with Crippen molar-refractivity contribution >= 4 is 51.2 Å². The van der Waals surface area contributed by atoms with Crippen LogP contribution in [0.4, 0.5) is 5.13 Å². The van der Waals surface area contributed by atoms with Gasteiger partial charge in [0.2, 0.25) is 0 Å². The minimum atomic E-state index is 0.681. The second-order valence-electron chi connectivity index (χ2n) is 6.27. The minimum absolute atomic E-state index is 0.681. The number of fused-ring (bicyclic) bond motifs is 1. The van der Waals surface area contributed by atoms with Gasteiger partial charge in [-0.3, -0.25) is 0 Å². The molecule has 5 heteroatoms. The van der Waals surface area contributed by atoms with Crippen LogP contribution in [-0.4, -0.2) is 4.98 Å². The number of hydrogen-bond acceptors (Lipinski definition) is 4. The van der Waals surface area contributed by atoms with Gasteiger partial charge in [0.15, 0.2) is 5.13 Å².